The van der Waals surface area contributed by atoms with Gasteiger partial charge in [-0.15, -0.1) is 0 Å². The molecule has 0 spiro atoms. The van der Waals surface area contributed by atoms with Crippen LogP contribution in [0.1, 0.15) is 36.2 Å². The number of fused-ring (bicyclic) bond motifs is 3. The second kappa shape index (κ2) is 6.57. The third-order valence-corrected chi connectivity index (χ3v) is 6.86. The zero-order valence-electron chi connectivity index (χ0n) is 15.6. The highest BCUT2D eigenvalue weighted by atomic mass is 127. The molecule has 3 rings (SSSR count). The van der Waals surface area contributed by atoms with Gasteiger partial charge in [-0.3, -0.25) is 4.79 Å². The van der Waals surface area contributed by atoms with Gasteiger partial charge in [-0.2, -0.15) is 10.5 Å². The van der Waals surface area contributed by atoms with E-state index in [9.17, 15) is 25.2 Å². The van der Waals surface area contributed by atoms with E-state index in [1.165, 1.54) is 39.6 Å². The Kier molecular flexibility index (Phi) is 4.77. The fourth-order valence-corrected chi connectivity index (χ4v) is 5.39. The van der Waals surface area contributed by atoms with Crippen LogP contribution < -0.4 is 5.11 Å². The molecule has 8 heteroatoms. The number of alkyl halides is 1. The maximum Gasteiger partial charge on any atom is 0.336 e. The van der Waals surface area contributed by atoms with E-state index in [1.54, 1.807) is 19.1 Å². The quantitative estimate of drug-likeness (QED) is 0.359. The van der Waals surface area contributed by atoms with Crippen molar-refractivity contribution in [2.45, 2.75) is 29.4 Å². The molecule has 1 heterocycles. The molecule has 0 N–H and O–H groups in total. The van der Waals surface area contributed by atoms with Gasteiger partial charge in [0.25, 0.3) is 0 Å². The Balaban J connectivity index is 2.55. The summed E-state index contributed by atoms with van der Waals surface area (Å²) in [7, 11) is 1.14. The molecule has 1 unspecified atom stereocenters. The second-order valence-electron chi connectivity index (χ2n) is 6.75. The summed E-state index contributed by atoms with van der Waals surface area (Å²) in [5.41, 5.74) is -4.22. The molecule has 0 saturated carbocycles. The van der Waals surface area contributed by atoms with Crippen LogP contribution in [-0.2, 0) is 15.3 Å². The third-order valence-electron chi connectivity index (χ3n) is 5.57. The maximum absolute atomic E-state index is 14.7. The van der Waals surface area contributed by atoms with Gasteiger partial charge in [0.05, 0.1) is 24.8 Å². The van der Waals surface area contributed by atoms with E-state index in [2.05, 4.69) is 0 Å². The minimum atomic E-state index is -2.31. The molecule has 0 aromatic heterocycles. The number of esters is 1. The SMILES string of the molecule is CCCN1C(C)=C(C(=O)OC)C2(C(I)(C#N)C#N)C(=O)c3ccccc3[C@]12[O-]. The lowest BCUT2D eigenvalue weighted by atomic mass is 9.64. The van der Waals surface area contributed by atoms with Gasteiger partial charge in [0.1, 0.15) is 5.41 Å². The smallest absolute Gasteiger partial charge is 0.336 e. The van der Waals surface area contributed by atoms with Crippen LogP contribution in [0.3, 0.4) is 0 Å². The van der Waals surface area contributed by atoms with Gasteiger partial charge in [-0.05, 0) is 41.5 Å². The van der Waals surface area contributed by atoms with Gasteiger partial charge in [0.2, 0.25) is 3.42 Å². The number of hydrogen-bond donors (Lipinski definition) is 0. The number of carbonyl (C=O) groups excluding carboxylic acids is 2. The van der Waals surface area contributed by atoms with Crippen molar-refractivity contribution in [1.82, 2.24) is 4.90 Å². The van der Waals surface area contributed by atoms with Crippen LogP contribution in [0.2, 0.25) is 0 Å². The van der Waals surface area contributed by atoms with Gasteiger partial charge < -0.3 is 14.7 Å². The molecule has 28 heavy (non-hydrogen) atoms. The lowest BCUT2D eigenvalue weighted by molar-refractivity contribution is -0.541. The third kappa shape index (κ3) is 2.00. The molecule has 0 saturated heterocycles. The topological polar surface area (TPSA) is 117 Å². The highest BCUT2D eigenvalue weighted by molar-refractivity contribution is 14.1. The predicted octanol–water partition coefficient (Wildman–Crippen LogP) is 1.78. The lowest BCUT2D eigenvalue weighted by Crippen LogP contribution is -2.67. The Hall–Kier alpha value is -2.43. The zero-order valence-corrected chi connectivity index (χ0v) is 17.7. The molecular weight excluding hydrogens is 473 g/mol. The first-order chi connectivity index (χ1) is 13.2. The van der Waals surface area contributed by atoms with Crippen molar-refractivity contribution in [2.24, 2.45) is 5.41 Å². The normalized spacial score (nSPS) is 25.8. The van der Waals surface area contributed by atoms with Crippen LogP contribution >= 0.6 is 22.6 Å². The maximum atomic E-state index is 14.7. The first kappa shape index (κ1) is 20.3. The summed E-state index contributed by atoms with van der Waals surface area (Å²) in [5.74, 6) is -1.59. The molecule has 1 aliphatic heterocycles. The van der Waals surface area contributed by atoms with Crippen molar-refractivity contribution >= 4 is 34.3 Å². The lowest BCUT2D eigenvalue weighted by Gasteiger charge is -2.55. The van der Waals surface area contributed by atoms with Crippen molar-refractivity contribution < 1.29 is 19.4 Å². The summed E-state index contributed by atoms with van der Waals surface area (Å²) in [4.78, 5) is 28.0. The summed E-state index contributed by atoms with van der Waals surface area (Å²) in [6.45, 7) is 3.68. The van der Waals surface area contributed by atoms with Crippen molar-refractivity contribution in [3.63, 3.8) is 0 Å². The largest absolute Gasteiger partial charge is 0.829 e. The van der Waals surface area contributed by atoms with E-state index >= 15 is 0 Å². The van der Waals surface area contributed by atoms with E-state index in [0.717, 1.165) is 7.11 Å². The van der Waals surface area contributed by atoms with Gasteiger partial charge in [-0.1, -0.05) is 31.2 Å². The van der Waals surface area contributed by atoms with Gasteiger partial charge in [0.15, 0.2) is 5.78 Å². The molecule has 1 aromatic carbocycles. The number of ketones is 1. The number of allylic oxidation sites excluding steroid dienone is 1. The number of ether oxygens (including phenoxy) is 1. The standard InChI is InChI=1S/C20H17IN3O4/c1-4-9-24-12(2)15(17(26)28-3)19(18(21,10-22)11-23)16(25)13-7-5-6-8-14(13)20(19,24)27/h5-8H,4,9H2,1-3H3/q-1/t19?,20-/m1/s1. The molecule has 1 aliphatic carbocycles. The number of nitrogens with zero attached hydrogens (tertiary/aromatic N) is 3. The molecule has 1 aromatic rings. The Morgan fingerprint density at radius 1 is 1.36 bits per heavy atom. The van der Waals surface area contributed by atoms with Crippen molar-refractivity contribution in [2.75, 3.05) is 13.7 Å². The molecule has 2 aliphatic rings. The Morgan fingerprint density at radius 3 is 2.50 bits per heavy atom. The average Bonchev–Trinajstić information content (AvgIpc) is 3.04. The molecule has 0 radical (unpaired) electrons. The van der Waals surface area contributed by atoms with Gasteiger partial charge in [0, 0.05) is 23.5 Å². The minimum Gasteiger partial charge on any atom is -0.829 e. The van der Waals surface area contributed by atoms with E-state index in [-0.39, 0.29) is 28.9 Å². The Bertz CT molecular complexity index is 991. The minimum absolute atomic E-state index is 0.124. The Morgan fingerprint density at radius 2 is 1.96 bits per heavy atom. The first-order valence-corrected chi connectivity index (χ1v) is 9.74. The summed E-state index contributed by atoms with van der Waals surface area (Å²) < 4.78 is 2.79. The van der Waals surface area contributed by atoms with Gasteiger partial charge >= 0.3 is 5.97 Å². The summed E-state index contributed by atoms with van der Waals surface area (Å²) >= 11 is 1.54. The number of halogens is 1. The monoisotopic (exact) mass is 490 g/mol. The second-order valence-corrected chi connectivity index (χ2v) is 8.37. The zero-order chi connectivity index (χ0) is 20.9. The number of methoxy groups -OCH3 is 1. The number of nitriles is 2. The van der Waals surface area contributed by atoms with Crippen molar-refractivity contribution in [1.29, 1.82) is 10.5 Å². The van der Waals surface area contributed by atoms with Gasteiger partial charge in [-0.25, -0.2) is 4.79 Å². The number of benzene rings is 1. The number of carbonyl (C=O) groups is 2. The Labute approximate surface area is 176 Å². The molecule has 0 fully saturated rings. The molecule has 0 amide bonds. The summed E-state index contributed by atoms with van der Waals surface area (Å²) in [5, 5.41) is 34.5. The molecule has 144 valence electrons. The van der Waals surface area contributed by atoms with Crippen LogP contribution in [0.4, 0.5) is 0 Å². The van der Waals surface area contributed by atoms with Crippen molar-refractivity contribution in [3.05, 3.63) is 46.7 Å². The van der Waals surface area contributed by atoms with Crippen LogP contribution in [0, 0.1) is 28.1 Å². The van der Waals surface area contributed by atoms with E-state index in [1.807, 2.05) is 19.1 Å². The fourth-order valence-electron chi connectivity index (χ4n) is 4.51. The average molecular weight is 490 g/mol. The number of Topliss-reactive ketones (excluding diaryl/α,β-unsaturated/α-hetero) is 1. The van der Waals surface area contributed by atoms with Crippen LogP contribution in [0.25, 0.3) is 0 Å². The summed E-state index contributed by atoms with van der Waals surface area (Å²) in [6.07, 6.45) is 0.565. The van der Waals surface area contributed by atoms with Crippen LogP contribution in [0.5, 0.6) is 0 Å². The highest BCUT2D eigenvalue weighted by Gasteiger charge is 2.75. The fraction of sp³-hybridized carbons (Fsp3) is 0.400. The molecular formula is C20H17IN3O4-. The first-order valence-electron chi connectivity index (χ1n) is 8.66. The van der Waals surface area contributed by atoms with E-state index in [0.29, 0.717) is 6.42 Å². The molecule has 7 nitrogen and oxygen atoms in total. The highest BCUT2D eigenvalue weighted by Crippen LogP contribution is 2.66. The number of rotatable bonds is 4. The van der Waals surface area contributed by atoms with Crippen LogP contribution in [-0.4, -0.2) is 33.7 Å². The summed E-state index contributed by atoms with van der Waals surface area (Å²) in [6, 6.07) is 9.97. The van der Waals surface area contributed by atoms with E-state index in [4.69, 9.17) is 4.74 Å². The van der Waals surface area contributed by atoms with E-state index < -0.39 is 26.3 Å². The van der Waals surface area contributed by atoms with Crippen molar-refractivity contribution in [3.8, 4) is 12.1 Å². The number of hydrogen-bond acceptors (Lipinski definition) is 7. The molecule has 2 atom stereocenters. The predicted molar refractivity (Wildman–Crippen MR) is 105 cm³/mol. The van der Waals surface area contributed by atoms with Crippen LogP contribution in [0.15, 0.2) is 35.5 Å². The molecule has 0 bridgehead atoms.